The Labute approximate surface area is 85.7 Å². The summed E-state index contributed by atoms with van der Waals surface area (Å²) in [6.45, 7) is 9.49. The van der Waals surface area contributed by atoms with Gasteiger partial charge in [0.15, 0.2) is 0 Å². The molecular weight excluding hydrogens is 178 g/mol. The Hall–Kier alpha value is -0.990. The van der Waals surface area contributed by atoms with E-state index in [9.17, 15) is 4.79 Å². The highest BCUT2D eigenvalue weighted by Crippen LogP contribution is 2.21. The predicted octanol–water partition coefficient (Wildman–Crippen LogP) is 2.43. The van der Waals surface area contributed by atoms with E-state index in [0.29, 0.717) is 19.1 Å². The molecule has 1 fully saturated rings. The summed E-state index contributed by atoms with van der Waals surface area (Å²) >= 11 is 0. The van der Waals surface area contributed by atoms with Gasteiger partial charge in [0.1, 0.15) is 6.61 Å². The van der Waals surface area contributed by atoms with Crippen LogP contribution in [-0.2, 0) is 4.74 Å². The molecule has 1 rings (SSSR count). The Morgan fingerprint density at radius 3 is 2.57 bits per heavy atom. The van der Waals surface area contributed by atoms with Crippen molar-refractivity contribution in [2.75, 3.05) is 13.2 Å². The fourth-order valence-corrected chi connectivity index (χ4v) is 1.43. The lowest BCUT2D eigenvalue weighted by Gasteiger charge is -2.30. The number of nitrogens with zero attached hydrogens (tertiary/aromatic N) is 1. The van der Waals surface area contributed by atoms with Crippen LogP contribution in [0, 0.1) is 5.92 Å². The van der Waals surface area contributed by atoms with Gasteiger partial charge in [0.05, 0.1) is 12.1 Å². The highest BCUT2D eigenvalue weighted by molar-refractivity contribution is 5.70. The van der Waals surface area contributed by atoms with Gasteiger partial charge in [0, 0.05) is 0 Å². The number of ether oxygens (including phenoxy) is 1. The monoisotopic (exact) mass is 197 g/mol. The molecule has 0 bridgehead atoms. The second-order valence-corrected chi connectivity index (χ2v) is 4.52. The summed E-state index contributed by atoms with van der Waals surface area (Å²) in [5.74, 6) is 0.507. The molecule has 0 saturated carbocycles. The molecule has 1 amide bonds. The van der Waals surface area contributed by atoms with Gasteiger partial charge in [-0.1, -0.05) is 26.0 Å². The fraction of sp³-hybridized carbons (Fsp3) is 0.727. The van der Waals surface area contributed by atoms with Crippen molar-refractivity contribution in [3.63, 3.8) is 0 Å². The number of allylic oxidation sites excluding steroid dienone is 1. The van der Waals surface area contributed by atoms with Crippen molar-refractivity contribution in [1.29, 1.82) is 0 Å². The molecule has 0 aromatic rings. The molecule has 0 unspecified atom stereocenters. The van der Waals surface area contributed by atoms with E-state index < -0.39 is 0 Å². The predicted molar refractivity (Wildman–Crippen MR) is 56.1 cm³/mol. The maximum absolute atomic E-state index is 11.3. The van der Waals surface area contributed by atoms with E-state index in [-0.39, 0.29) is 11.6 Å². The van der Waals surface area contributed by atoms with Crippen molar-refractivity contribution in [3.8, 4) is 0 Å². The normalized spacial score (nSPS) is 18.4. The zero-order valence-electron chi connectivity index (χ0n) is 9.41. The molecule has 0 aliphatic carbocycles. The molecule has 0 radical (unpaired) electrons. The third-order valence-corrected chi connectivity index (χ3v) is 2.35. The zero-order chi connectivity index (χ0) is 10.8. The van der Waals surface area contributed by atoms with Crippen molar-refractivity contribution in [2.45, 2.75) is 33.2 Å². The average Bonchev–Trinajstić information content (AvgIpc) is 2.48. The largest absolute Gasteiger partial charge is 0.448 e. The van der Waals surface area contributed by atoms with E-state index in [2.05, 4.69) is 26.0 Å². The van der Waals surface area contributed by atoms with Crippen LogP contribution in [-0.4, -0.2) is 29.7 Å². The Morgan fingerprint density at radius 2 is 2.14 bits per heavy atom. The van der Waals surface area contributed by atoms with Gasteiger partial charge in [0.2, 0.25) is 0 Å². The number of amides is 1. The van der Waals surface area contributed by atoms with Crippen LogP contribution >= 0.6 is 0 Å². The zero-order valence-corrected chi connectivity index (χ0v) is 9.41. The Balaban J connectivity index is 2.68. The maximum atomic E-state index is 11.3. The second kappa shape index (κ2) is 4.03. The van der Waals surface area contributed by atoms with Gasteiger partial charge in [-0.3, -0.25) is 4.90 Å². The van der Waals surface area contributed by atoms with Gasteiger partial charge in [-0.05, 0) is 19.8 Å². The number of carbonyl (C=O) groups excluding carboxylic acids is 1. The molecule has 1 aliphatic heterocycles. The van der Waals surface area contributed by atoms with Gasteiger partial charge in [0.25, 0.3) is 0 Å². The number of cyclic esters (lactones) is 1. The summed E-state index contributed by atoms with van der Waals surface area (Å²) in [4.78, 5) is 13.1. The number of hydrogen-bond acceptors (Lipinski definition) is 2. The summed E-state index contributed by atoms with van der Waals surface area (Å²) in [5.41, 5.74) is -0.238. The first kappa shape index (κ1) is 11.1. The minimum atomic E-state index is -0.238. The topological polar surface area (TPSA) is 29.5 Å². The lowest BCUT2D eigenvalue weighted by molar-refractivity contribution is 0.140. The fourth-order valence-electron chi connectivity index (χ4n) is 1.43. The molecule has 0 aromatic heterocycles. The third kappa shape index (κ3) is 2.50. The van der Waals surface area contributed by atoms with Crippen LogP contribution < -0.4 is 0 Å². The Kier molecular flexibility index (Phi) is 3.19. The first-order valence-corrected chi connectivity index (χ1v) is 5.07. The minimum Gasteiger partial charge on any atom is -0.448 e. The molecule has 3 heteroatoms. The summed E-state index contributed by atoms with van der Waals surface area (Å²) in [6.07, 6.45) is 3.99. The highest BCUT2D eigenvalue weighted by Gasteiger charge is 2.33. The number of rotatable bonds is 3. The summed E-state index contributed by atoms with van der Waals surface area (Å²) in [7, 11) is 0. The molecular formula is C11H19NO2. The van der Waals surface area contributed by atoms with Crippen LogP contribution in [0.2, 0.25) is 0 Å². The summed E-state index contributed by atoms with van der Waals surface area (Å²) in [6, 6.07) is 0. The quantitative estimate of drug-likeness (QED) is 0.650. The molecule has 0 atom stereocenters. The van der Waals surface area contributed by atoms with Crippen LogP contribution in [0.15, 0.2) is 12.2 Å². The van der Waals surface area contributed by atoms with E-state index in [0.717, 1.165) is 0 Å². The van der Waals surface area contributed by atoms with Crippen LogP contribution in [0.25, 0.3) is 0 Å². The molecule has 80 valence electrons. The smallest absolute Gasteiger partial charge is 0.410 e. The van der Waals surface area contributed by atoms with Crippen LogP contribution in [0.5, 0.6) is 0 Å². The molecule has 1 aliphatic rings. The van der Waals surface area contributed by atoms with E-state index >= 15 is 0 Å². The number of hydrogen-bond donors (Lipinski definition) is 0. The first-order chi connectivity index (χ1) is 6.43. The standard InChI is InChI=1S/C11H19NO2/c1-9(2)5-6-11(3,4)12-7-8-14-10(12)13/h5-6,9H,7-8H2,1-4H3/b6-5+. The van der Waals surface area contributed by atoms with Crippen LogP contribution in [0.1, 0.15) is 27.7 Å². The Morgan fingerprint density at radius 1 is 1.50 bits per heavy atom. The second-order valence-electron chi connectivity index (χ2n) is 4.52. The molecule has 3 nitrogen and oxygen atoms in total. The van der Waals surface area contributed by atoms with Gasteiger partial charge in [-0.2, -0.15) is 0 Å². The third-order valence-electron chi connectivity index (χ3n) is 2.35. The van der Waals surface area contributed by atoms with Gasteiger partial charge >= 0.3 is 6.09 Å². The molecule has 0 spiro atoms. The summed E-state index contributed by atoms with van der Waals surface area (Å²) in [5, 5.41) is 0. The van der Waals surface area contributed by atoms with Crippen LogP contribution in [0.4, 0.5) is 4.79 Å². The molecule has 14 heavy (non-hydrogen) atoms. The van der Waals surface area contributed by atoms with E-state index in [1.54, 1.807) is 4.90 Å². The van der Waals surface area contributed by atoms with Gasteiger partial charge in [-0.15, -0.1) is 0 Å². The first-order valence-electron chi connectivity index (χ1n) is 5.07. The highest BCUT2D eigenvalue weighted by atomic mass is 16.6. The van der Waals surface area contributed by atoms with E-state index in [1.807, 2.05) is 13.8 Å². The molecule has 0 aromatic carbocycles. The van der Waals surface area contributed by atoms with Crippen molar-refractivity contribution in [3.05, 3.63) is 12.2 Å². The SMILES string of the molecule is CC(C)/C=C/C(C)(C)N1CCOC1=O. The lowest BCUT2D eigenvalue weighted by atomic mass is 10.0. The average molecular weight is 197 g/mol. The van der Waals surface area contributed by atoms with Crippen molar-refractivity contribution in [1.82, 2.24) is 4.90 Å². The van der Waals surface area contributed by atoms with E-state index in [1.165, 1.54) is 0 Å². The molecule has 1 heterocycles. The molecule has 1 saturated heterocycles. The van der Waals surface area contributed by atoms with Crippen molar-refractivity contribution < 1.29 is 9.53 Å². The lowest BCUT2D eigenvalue weighted by Crippen LogP contribution is -2.42. The van der Waals surface area contributed by atoms with Crippen LogP contribution in [0.3, 0.4) is 0 Å². The Bertz CT molecular complexity index is 244. The minimum absolute atomic E-state index is 0.205. The van der Waals surface area contributed by atoms with Gasteiger partial charge < -0.3 is 4.74 Å². The summed E-state index contributed by atoms with van der Waals surface area (Å²) < 4.78 is 4.91. The van der Waals surface area contributed by atoms with E-state index in [4.69, 9.17) is 4.74 Å². The number of carbonyl (C=O) groups is 1. The maximum Gasteiger partial charge on any atom is 0.410 e. The van der Waals surface area contributed by atoms with Gasteiger partial charge in [-0.25, -0.2) is 4.79 Å². The van der Waals surface area contributed by atoms with Crippen molar-refractivity contribution >= 4 is 6.09 Å². The van der Waals surface area contributed by atoms with Crippen molar-refractivity contribution in [2.24, 2.45) is 5.92 Å². The molecule has 0 N–H and O–H groups in total.